The highest BCUT2D eigenvalue weighted by Crippen LogP contribution is 2.06. The Morgan fingerprint density at radius 2 is 1.95 bits per heavy atom. The number of nitrogens with one attached hydrogen (secondary N) is 2. The van der Waals surface area contributed by atoms with E-state index >= 15 is 0 Å². The van der Waals surface area contributed by atoms with Crippen LogP contribution >= 0.6 is 0 Å². The van der Waals surface area contributed by atoms with Crippen LogP contribution in [0.2, 0.25) is 0 Å². The number of hydrogen-bond donors (Lipinski definition) is 2. The zero-order valence-corrected chi connectivity index (χ0v) is 13.1. The standard InChI is InChI=1S/C16H21N3O3/c1-16(2,3)22-15(21)17-10-9-12-11-14(20)19(18-12)13-7-5-4-6-8-13/h4-8,11,18H,9-10H2,1-3H3,(H,17,21). The minimum Gasteiger partial charge on any atom is -0.444 e. The summed E-state index contributed by atoms with van der Waals surface area (Å²) >= 11 is 0. The number of rotatable bonds is 4. The number of carbonyl (C=O) groups excluding carboxylic acids is 1. The highest BCUT2D eigenvalue weighted by molar-refractivity contribution is 5.67. The van der Waals surface area contributed by atoms with E-state index in [-0.39, 0.29) is 5.56 Å². The number of aromatic amines is 1. The third-order valence-electron chi connectivity index (χ3n) is 2.85. The number of benzene rings is 1. The van der Waals surface area contributed by atoms with Gasteiger partial charge in [-0.2, -0.15) is 0 Å². The van der Waals surface area contributed by atoms with Crippen LogP contribution in [0.5, 0.6) is 0 Å². The number of hydrogen-bond acceptors (Lipinski definition) is 3. The molecule has 0 radical (unpaired) electrons. The monoisotopic (exact) mass is 303 g/mol. The molecule has 0 aliphatic heterocycles. The molecule has 0 fully saturated rings. The molecule has 118 valence electrons. The SMILES string of the molecule is CC(C)(C)OC(=O)NCCc1cc(=O)n(-c2ccccc2)[nH]1. The predicted octanol–water partition coefficient (Wildman–Crippen LogP) is 2.23. The Labute approximate surface area is 129 Å². The molecule has 2 rings (SSSR count). The summed E-state index contributed by atoms with van der Waals surface area (Å²) in [5.74, 6) is 0. The molecule has 1 amide bonds. The molecule has 1 heterocycles. The average molecular weight is 303 g/mol. The van der Waals surface area contributed by atoms with Crippen LogP contribution < -0.4 is 10.9 Å². The fourth-order valence-electron chi connectivity index (χ4n) is 1.95. The lowest BCUT2D eigenvalue weighted by atomic mass is 10.2. The Morgan fingerprint density at radius 1 is 1.27 bits per heavy atom. The third-order valence-corrected chi connectivity index (χ3v) is 2.85. The summed E-state index contributed by atoms with van der Waals surface area (Å²) in [4.78, 5) is 23.5. The second-order valence-corrected chi connectivity index (χ2v) is 5.97. The van der Waals surface area contributed by atoms with E-state index in [2.05, 4.69) is 10.4 Å². The second-order valence-electron chi connectivity index (χ2n) is 5.97. The van der Waals surface area contributed by atoms with Gasteiger partial charge in [0.25, 0.3) is 5.56 Å². The van der Waals surface area contributed by atoms with Gasteiger partial charge in [-0.1, -0.05) is 18.2 Å². The minimum absolute atomic E-state index is 0.126. The third kappa shape index (κ3) is 4.51. The molecule has 2 aromatic rings. The highest BCUT2D eigenvalue weighted by atomic mass is 16.6. The maximum absolute atomic E-state index is 11.9. The molecule has 0 saturated heterocycles. The van der Waals surface area contributed by atoms with Crippen LogP contribution in [0.3, 0.4) is 0 Å². The van der Waals surface area contributed by atoms with Crippen molar-refractivity contribution in [1.29, 1.82) is 0 Å². The van der Waals surface area contributed by atoms with Crippen molar-refractivity contribution in [2.75, 3.05) is 6.54 Å². The Balaban J connectivity index is 1.93. The maximum atomic E-state index is 11.9. The summed E-state index contributed by atoms with van der Waals surface area (Å²) in [5, 5.41) is 5.70. The number of aromatic nitrogens is 2. The van der Waals surface area contributed by atoms with Gasteiger partial charge in [0.15, 0.2) is 0 Å². The zero-order chi connectivity index (χ0) is 16.2. The number of nitrogens with zero attached hydrogens (tertiary/aromatic N) is 1. The van der Waals surface area contributed by atoms with Crippen LogP contribution in [-0.2, 0) is 11.2 Å². The Kier molecular flexibility index (Phi) is 4.70. The maximum Gasteiger partial charge on any atom is 0.407 e. The lowest BCUT2D eigenvalue weighted by molar-refractivity contribution is 0.0528. The van der Waals surface area contributed by atoms with Gasteiger partial charge in [-0.25, -0.2) is 9.48 Å². The Hall–Kier alpha value is -2.50. The van der Waals surface area contributed by atoms with Gasteiger partial charge < -0.3 is 10.1 Å². The molecule has 0 aliphatic carbocycles. The molecule has 0 spiro atoms. The first-order valence-corrected chi connectivity index (χ1v) is 7.18. The fourth-order valence-corrected chi connectivity index (χ4v) is 1.95. The highest BCUT2D eigenvalue weighted by Gasteiger charge is 2.15. The summed E-state index contributed by atoms with van der Waals surface area (Å²) in [6.45, 7) is 5.82. The first-order valence-electron chi connectivity index (χ1n) is 7.18. The number of H-pyrrole nitrogens is 1. The van der Waals surface area contributed by atoms with Crippen LogP contribution in [0.15, 0.2) is 41.2 Å². The average Bonchev–Trinajstić information content (AvgIpc) is 2.79. The van der Waals surface area contributed by atoms with Crippen molar-refractivity contribution in [2.24, 2.45) is 0 Å². The van der Waals surface area contributed by atoms with E-state index in [1.54, 1.807) is 0 Å². The molecular weight excluding hydrogens is 282 g/mol. The summed E-state index contributed by atoms with van der Waals surface area (Å²) in [5.41, 5.74) is 0.886. The first-order chi connectivity index (χ1) is 10.3. The van der Waals surface area contributed by atoms with Crippen molar-refractivity contribution in [2.45, 2.75) is 32.8 Å². The van der Waals surface area contributed by atoms with Crippen molar-refractivity contribution in [1.82, 2.24) is 15.1 Å². The molecule has 0 bridgehead atoms. The number of para-hydroxylation sites is 1. The van der Waals surface area contributed by atoms with E-state index in [4.69, 9.17) is 4.74 Å². The normalized spacial score (nSPS) is 11.2. The van der Waals surface area contributed by atoms with E-state index in [9.17, 15) is 9.59 Å². The Morgan fingerprint density at radius 3 is 2.59 bits per heavy atom. The van der Waals surface area contributed by atoms with E-state index in [1.165, 1.54) is 10.7 Å². The van der Waals surface area contributed by atoms with Crippen LogP contribution in [0, 0.1) is 0 Å². The quantitative estimate of drug-likeness (QED) is 0.909. The summed E-state index contributed by atoms with van der Waals surface area (Å²) < 4.78 is 6.62. The van der Waals surface area contributed by atoms with Crippen molar-refractivity contribution in [3.8, 4) is 5.69 Å². The molecule has 0 saturated carbocycles. The van der Waals surface area contributed by atoms with Gasteiger partial charge >= 0.3 is 6.09 Å². The molecule has 1 aromatic heterocycles. The van der Waals surface area contributed by atoms with Crippen LogP contribution in [0.25, 0.3) is 5.69 Å². The van der Waals surface area contributed by atoms with Gasteiger partial charge in [0.1, 0.15) is 5.60 Å². The number of alkyl carbamates (subject to hydrolysis) is 1. The summed E-state index contributed by atoms with van der Waals surface area (Å²) in [6, 6.07) is 10.9. The molecule has 22 heavy (non-hydrogen) atoms. The number of amides is 1. The largest absolute Gasteiger partial charge is 0.444 e. The van der Waals surface area contributed by atoms with E-state index < -0.39 is 11.7 Å². The molecule has 6 nitrogen and oxygen atoms in total. The van der Waals surface area contributed by atoms with Crippen molar-refractivity contribution in [3.63, 3.8) is 0 Å². The van der Waals surface area contributed by atoms with E-state index in [0.29, 0.717) is 13.0 Å². The van der Waals surface area contributed by atoms with Crippen molar-refractivity contribution >= 4 is 6.09 Å². The topological polar surface area (TPSA) is 76.1 Å². The predicted molar refractivity (Wildman–Crippen MR) is 84.3 cm³/mol. The van der Waals surface area contributed by atoms with Gasteiger partial charge in [0.05, 0.1) is 5.69 Å². The fraction of sp³-hybridized carbons (Fsp3) is 0.375. The summed E-state index contributed by atoms with van der Waals surface area (Å²) in [6.07, 6.45) is 0.0613. The lowest BCUT2D eigenvalue weighted by Crippen LogP contribution is -2.33. The van der Waals surface area contributed by atoms with Crippen LogP contribution in [0.4, 0.5) is 4.79 Å². The molecular formula is C16H21N3O3. The zero-order valence-electron chi connectivity index (χ0n) is 13.1. The molecule has 0 atom stereocenters. The molecule has 2 N–H and O–H groups in total. The van der Waals surface area contributed by atoms with Gasteiger partial charge in [-0.05, 0) is 32.9 Å². The van der Waals surface area contributed by atoms with E-state index in [1.807, 2.05) is 51.1 Å². The van der Waals surface area contributed by atoms with Crippen LogP contribution in [0.1, 0.15) is 26.5 Å². The van der Waals surface area contributed by atoms with Gasteiger partial charge in [0, 0.05) is 24.7 Å². The van der Waals surface area contributed by atoms with Gasteiger partial charge in [0.2, 0.25) is 0 Å². The molecule has 6 heteroatoms. The number of carbonyl (C=O) groups is 1. The van der Waals surface area contributed by atoms with E-state index in [0.717, 1.165) is 11.4 Å². The smallest absolute Gasteiger partial charge is 0.407 e. The first kappa shape index (κ1) is 15.9. The summed E-state index contributed by atoms with van der Waals surface area (Å²) in [7, 11) is 0. The number of ether oxygens (including phenoxy) is 1. The van der Waals surface area contributed by atoms with Crippen molar-refractivity contribution in [3.05, 3.63) is 52.4 Å². The Bertz CT molecular complexity index is 681. The molecule has 1 aromatic carbocycles. The van der Waals surface area contributed by atoms with Gasteiger partial charge in [-0.15, -0.1) is 0 Å². The van der Waals surface area contributed by atoms with Gasteiger partial charge in [-0.3, -0.25) is 9.89 Å². The minimum atomic E-state index is -0.519. The molecule has 0 unspecified atom stereocenters. The lowest BCUT2D eigenvalue weighted by Gasteiger charge is -2.19. The second kappa shape index (κ2) is 6.51. The van der Waals surface area contributed by atoms with Crippen LogP contribution in [-0.4, -0.2) is 28.0 Å². The van der Waals surface area contributed by atoms with Crippen molar-refractivity contribution < 1.29 is 9.53 Å². The molecule has 0 aliphatic rings.